The molecule has 0 saturated heterocycles. The third-order valence-corrected chi connectivity index (χ3v) is 2.49. The lowest BCUT2D eigenvalue weighted by molar-refractivity contribution is 0.0139. The maximum absolute atomic E-state index is 9.98. The molecule has 1 atom stereocenters. The fourth-order valence-corrected chi connectivity index (χ4v) is 1.55. The van der Waals surface area contributed by atoms with Crippen LogP contribution in [-0.4, -0.2) is 35.2 Å². The standard InChI is InChI=1S/C12H24N2O/c1-5-12(4,15)10-14(8-6-7-13)9-11(2)3/h11,15H,5-6,8-10H2,1-4H3. The summed E-state index contributed by atoms with van der Waals surface area (Å²) in [5.74, 6) is 0.566. The summed E-state index contributed by atoms with van der Waals surface area (Å²) >= 11 is 0. The Hall–Kier alpha value is -0.590. The zero-order valence-electron chi connectivity index (χ0n) is 10.5. The number of nitriles is 1. The Morgan fingerprint density at radius 1 is 1.47 bits per heavy atom. The topological polar surface area (TPSA) is 47.3 Å². The van der Waals surface area contributed by atoms with E-state index in [0.717, 1.165) is 19.5 Å². The van der Waals surface area contributed by atoms with Gasteiger partial charge in [0.25, 0.3) is 0 Å². The molecule has 0 aromatic heterocycles. The molecular weight excluding hydrogens is 188 g/mol. The van der Waals surface area contributed by atoms with Crippen LogP contribution in [0.2, 0.25) is 0 Å². The number of hydrogen-bond donors (Lipinski definition) is 1. The van der Waals surface area contributed by atoms with Crippen molar-refractivity contribution in [2.45, 2.75) is 46.1 Å². The Kier molecular flexibility index (Phi) is 6.55. The lowest BCUT2D eigenvalue weighted by Gasteiger charge is -2.31. The predicted octanol–water partition coefficient (Wildman–Crippen LogP) is 2.02. The van der Waals surface area contributed by atoms with Crippen molar-refractivity contribution in [3.8, 4) is 6.07 Å². The van der Waals surface area contributed by atoms with Crippen molar-refractivity contribution in [3.63, 3.8) is 0 Å². The van der Waals surface area contributed by atoms with Crippen molar-refractivity contribution in [1.82, 2.24) is 4.90 Å². The van der Waals surface area contributed by atoms with E-state index in [1.165, 1.54) is 0 Å². The Morgan fingerprint density at radius 2 is 2.07 bits per heavy atom. The fourth-order valence-electron chi connectivity index (χ4n) is 1.55. The van der Waals surface area contributed by atoms with Gasteiger partial charge in [0.15, 0.2) is 0 Å². The first kappa shape index (κ1) is 14.4. The van der Waals surface area contributed by atoms with E-state index in [0.29, 0.717) is 18.9 Å². The minimum atomic E-state index is -0.635. The highest BCUT2D eigenvalue weighted by Gasteiger charge is 2.21. The summed E-state index contributed by atoms with van der Waals surface area (Å²) in [7, 11) is 0. The molecule has 0 amide bonds. The van der Waals surface area contributed by atoms with Gasteiger partial charge in [-0.15, -0.1) is 0 Å². The van der Waals surface area contributed by atoms with Crippen LogP contribution in [-0.2, 0) is 0 Å². The molecule has 1 N–H and O–H groups in total. The molecule has 3 heteroatoms. The van der Waals surface area contributed by atoms with Gasteiger partial charge in [0.1, 0.15) is 0 Å². The number of aliphatic hydroxyl groups is 1. The zero-order chi connectivity index (χ0) is 11.9. The minimum absolute atomic E-state index is 0.534. The van der Waals surface area contributed by atoms with Crippen LogP contribution in [0.1, 0.15) is 40.5 Å². The third-order valence-electron chi connectivity index (χ3n) is 2.49. The molecule has 0 aromatic carbocycles. The Bertz CT molecular complexity index is 206. The van der Waals surface area contributed by atoms with Crippen LogP contribution in [0.15, 0.2) is 0 Å². The van der Waals surface area contributed by atoms with Gasteiger partial charge < -0.3 is 5.11 Å². The van der Waals surface area contributed by atoms with Crippen molar-refractivity contribution >= 4 is 0 Å². The van der Waals surface area contributed by atoms with Crippen molar-refractivity contribution in [1.29, 1.82) is 5.26 Å². The minimum Gasteiger partial charge on any atom is -0.389 e. The molecule has 0 heterocycles. The average molecular weight is 212 g/mol. The predicted molar refractivity (Wildman–Crippen MR) is 62.4 cm³/mol. The third kappa shape index (κ3) is 7.35. The normalized spacial score (nSPS) is 15.3. The van der Waals surface area contributed by atoms with E-state index >= 15 is 0 Å². The van der Waals surface area contributed by atoms with Crippen LogP contribution < -0.4 is 0 Å². The van der Waals surface area contributed by atoms with Gasteiger partial charge in [0, 0.05) is 26.1 Å². The maximum atomic E-state index is 9.98. The smallest absolute Gasteiger partial charge is 0.0743 e. The van der Waals surface area contributed by atoms with Gasteiger partial charge in [-0.25, -0.2) is 0 Å². The van der Waals surface area contributed by atoms with Crippen LogP contribution in [0.25, 0.3) is 0 Å². The van der Waals surface area contributed by atoms with E-state index in [1.54, 1.807) is 0 Å². The molecule has 0 aromatic rings. The van der Waals surface area contributed by atoms with Crippen molar-refractivity contribution in [2.75, 3.05) is 19.6 Å². The molecule has 0 fully saturated rings. The van der Waals surface area contributed by atoms with E-state index in [9.17, 15) is 5.11 Å². The summed E-state index contributed by atoms with van der Waals surface area (Å²) in [6.07, 6.45) is 1.28. The second-order valence-electron chi connectivity index (χ2n) is 4.89. The lowest BCUT2D eigenvalue weighted by Crippen LogP contribution is -2.42. The molecule has 0 rings (SSSR count). The molecule has 1 unspecified atom stereocenters. The Balaban J connectivity index is 4.18. The second-order valence-corrected chi connectivity index (χ2v) is 4.89. The molecule has 3 nitrogen and oxygen atoms in total. The molecule has 0 aliphatic carbocycles. The largest absolute Gasteiger partial charge is 0.389 e. The van der Waals surface area contributed by atoms with Crippen LogP contribution in [0, 0.1) is 17.2 Å². The van der Waals surface area contributed by atoms with Crippen molar-refractivity contribution in [3.05, 3.63) is 0 Å². The second kappa shape index (κ2) is 6.81. The molecule has 0 spiro atoms. The average Bonchev–Trinajstić information content (AvgIpc) is 2.13. The number of hydrogen-bond acceptors (Lipinski definition) is 3. The van der Waals surface area contributed by atoms with E-state index in [1.807, 2.05) is 13.8 Å². The molecule has 0 aliphatic heterocycles. The first-order valence-electron chi connectivity index (χ1n) is 5.73. The quantitative estimate of drug-likeness (QED) is 0.702. The number of nitrogens with zero attached hydrogens (tertiary/aromatic N) is 2. The van der Waals surface area contributed by atoms with E-state index in [-0.39, 0.29) is 0 Å². The molecule has 0 saturated carbocycles. The summed E-state index contributed by atoms with van der Waals surface area (Å²) in [4.78, 5) is 2.18. The summed E-state index contributed by atoms with van der Waals surface area (Å²) in [6.45, 7) is 10.5. The molecule has 88 valence electrons. The molecule has 15 heavy (non-hydrogen) atoms. The molecule has 0 radical (unpaired) electrons. The first-order chi connectivity index (χ1) is 6.91. The zero-order valence-corrected chi connectivity index (χ0v) is 10.5. The SMILES string of the molecule is CCC(C)(O)CN(CCC#N)CC(C)C. The van der Waals surface area contributed by atoms with E-state index in [2.05, 4.69) is 24.8 Å². The lowest BCUT2D eigenvalue weighted by atomic mass is 10.0. The van der Waals surface area contributed by atoms with Crippen molar-refractivity contribution in [2.24, 2.45) is 5.92 Å². The van der Waals surface area contributed by atoms with E-state index in [4.69, 9.17) is 5.26 Å². The first-order valence-corrected chi connectivity index (χ1v) is 5.73. The van der Waals surface area contributed by atoms with Gasteiger partial charge in [0.05, 0.1) is 11.7 Å². The van der Waals surface area contributed by atoms with Crippen LogP contribution >= 0.6 is 0 Å². The Morgan fingerprint density at radius 3 is 2.47 bits per heavy atom. The highest BCUT2D eigenvalue weighted by Crippen LogP contribution is 2.12. The van der Waals surface area contributed by atoms with Crippen molar-refractivity contribution < 1.29 is 5.11 Å². The van der Waals surface area contributed by atoms with Crippen LogP contribution in [0.3, 0.4) is 0 Å². The summed E-state index contributed by atoms with van der Waals surface area (Å²) in [5.41, 5.74) is -0.635. The van der Waals surface area contributed by atoms with Gasteiger partial charge in [-0.05, 0) is 19.3 Å². The molecular formula is C12H24N2O. The summed E-state index contributed by atoms with van der Waals surface area (Å²) in [5, 5.41) is 18.5. The van der Waals surface area contributed by atoms with Gasteiger partial charge in [-0.3, -0.25) is 4.90 Å². The monoisotopic (exact) mass is 212 g/mol. The number of rotatable bonds is 7. The summed E-state index contributed by atoms with van der Waals surface area (Å²) < 4.78 is 0. The van der Waals surface area contributed by atoms with Gasteiger partial charge in [-0.1, -0.05) is 20.8 Å². The van der Waals surface area contributed by atoms with Gasteiger partial charge in [-0.2, -0.15) is 5.26 Å². The maximum Gasteiger partial charge on any atom is 0.0743 e. The van der Waals surface area contributed by atoms with Gasteiger partial charge in [0.2, 0.25) is 0 Å². The Labute approximate surface area is 93.7 Å². The van der Waals surface area contributed by atoms with Crippen LogP contribution in [0.5, 0.6) is 0 Å². The van der Waals surface area contributed by atoms with E-state index < -0.39 is 5.60 Å². The summed E-state index contributed by atoms with van der Waals surface area (Å²) in [6, 6.07) is 2.15. The molecule has 0 aliphatic rings. The highest BCUT2D eigenvalue weighted by atomic mass is 16.3. The fraction of sp³-hybridized carbons (Fsp3) is 0.917. The van der Waals surface area contributed by atoms with Crippen LogP contribution in [0.4, 0.5) is 0 Å². The van der Waals surface area contributed by atoms with Gasteiger partial charge >= 0.3 is 0 Å². The molecule has 0 bridgehead atoms. The highest BCUT2D eigenvalue weighted by molar-refractivity contribution is 4.79.